The minimum absolute atomic E-state index is 0.370. The maximum Gasteiger partial charge on any atom is 0.141 e. The highest BCUT2D eigenvalue weighted by Crippen LogP contribution is 2.14. The largest absolute Gasteiger partial charge is 0.336 e. The van der Waals surface area contributed by atoms with Gasteiger partial charge in [0.1, 0.15) is 17.7 Å². The third-order valence-electron chi connectivity index (χ3n) is 2.21. The Bertz CT molecular complexity index is 449. The van der Waals surface area contributed by atoms with E-state index in [4.69, 9.17) is 5.73 Å². The van der Waals surface area contributed by atoms with E-state index < -0.39 is 6.04 Å². The molecule has 2 rings (SSSR count). The first-order valence-corrected chi connectivity index (χ1v) is 4.52. The molecule has 1 unspecified atom stereocenters. The highest BCUT2D eigenvalue weighted by Gasteiger charge is 2.14. The number of halogens is 1. The van der Waals surface area contributed by atoms with Crippen LogP contribution in [0.1, 0.15) is 17.6 Å². The molecule has 2 aromatic rings. The van der Waals surface area contributed by atoms with Gasteiger partial charge in [-0.3, -0.25) is 4.98 Å². The summed E-state index contributed by atoms with van der Waals surface area (Å²) in [4.78, 5) is 8.04. The minimum atomic E-state index is -0.425. The second-order valence-corrected chi connectivity index (χ2v) is 3.28. The SMILES string of the molecule is Cn1ccnc1C(N)c1ccc(F)cn1. The summed E-state index contributed by atoms with van der Waals surface area (Å²) in [5, 5.41) is 0. The summed E-state index contributed by atoms with van der Waals surface area (Å²) in [6.07, 6.45) is 4.62. The second kappa shape index (κ2) is 3.78. The first-order valence-electron chi connectivity index (χ1n) is 4.52. The van der Waals surface area contributed by atoms with Crippen molar-refractivity contribution < 1.29 is 4.39 Å². The zero-order chi connectivity index (χ0) is 10.8. The van der Waals surface area contributed by atoms with Gasteiger partial charge in [0.05, 0.1) is 11.9 Å². The van der Waals surface area contributed by atoms with Gasteiger partial charge in [-0.05, 0) is 12.1 Å². The molecule has 1 atom stereocenters. The van der Waals surface area contributed by atoms with Crippen molar-refractivity contribution in [2.75, 3.05) is 0 Å². The zero-order valence-corrected chi connectivity index (χ0v) is 8.26. The van der Waals surface area contributed by atoms with Crippen LogP contribution in [-0.2, 0) is 7.05 Å². The number of hydrogen-bond acceptors (Lipinski definition) is 3. The molecule has 0 aliphatic rings. The van der Waals surface area contributed by atoms with Gasteiger partial charge in [0.15, 0.2) is 0 Å². The summed E-state index contributed by atoms with van der Waals surface area (Å²) in [6.45, 7) is 0. The van der Waals surface area contributed by atoms with E-state index in [0.717, 1.165) is 6.20 Å². The van der Waals surface area contributed by atoms with Crippen molar-refractivity contribution in [2.24, 2.45) is 12.8 Å². The fourth-order valence-electron chi connectivity index (χ4n) is 1.38. The van der Waals surface area contributed by atoms with Crippen molar-refractivity contribution in [3.8, 4) is 0 Å². The van der Waals surface area contributed by atoms with E-state index in [0.29, 0.717) is 11.5 Å². The van der Waals surface area contributed by atoms with Gasteiger partial charge >= 0.3 is 0 Å². The van der Waals surface area contributed by atoms with Crippen LogP contribution in [0.25, 0.3) is 0 Å². The van der Waals surface area contributed by atoms with Gasteiger partial charge in [-0.25, -0.2) is 9.37 Å². The predicted octanol–water partition coefficient (Wildman–Crippen LogP) is 1.00. The van der Waals surface area contributed by atoms with E-state index in [2.05, 4.69) is 9.97 Å². The smallest absolute Gasteiger partial charge is 0.141 e. The Morgan fingerprint density at radius 3 is 2.73 bits per heavy atom. The van der Waals surface area contributed by atoms with Crippen LogP contribution in [0.15, 0.2) is 30.7 Å². The van der Waals surface area contributed by atoms with E-state index in [9.17, 15) is 4.39 Å². The summed E-state index contributed by atoms with van der Waals surface area (Å²) in [7, 11) is 1.85. The zero-order valence-electron chi connectivity index (χ0n) is 8.26. The lowest BCUT2D eigenvalue weighted by Crippen LogP contribution is -2.17. The summed E-state index contributed by atoms with van der Waals surface area (Å²) in [5.74, 6) is 0.333. The van der Waals surface area contributed by atoms with Gasteiger partial charge in [-0.2, -0.15) is 0 Å². The maximum atomic E-state index is 12.6. The molecule has 0 spiro atoms. The molecule has 0 saturated carbocycles. The average Bonchev–Trinajstić information content (AvgIpc) is 2.65. The first-order chi connectivity index (χ1) is 7.18. The molecule has 0 saturated heterocycles. The normalized spacial score (nSPS) is 12.7. The van der Waals surface area contributed by atoms with Crippen LogP contribution in [0.2, 0.25) is 0 Å². The number of aryl methyl sites for hydroxylation is 1. The van der Waals surface area contributed by atoms with Crippen molar-refractivity contribution in [2.45, 2.75) is 6.04 Å². The second-order valence-electron chi connectivity index (χ2n) is 3.28. The molecule has 0 aliphatic heterocycles. The molecule has 0 bridgehead atoms. The number of nitrogens with two attached hydrogens (primary N) is 1. The average molecular weight is 206 g/mol. The highest BCUT2D eigenvalue weighted by atomic mass is 19.1. The van der Waals surface area contributed by atoms with Crippen LogP contribution in [-0.4, -0.2) is 14.5 Å². The summed E-state index contributed by atoms with van der Waals surface area (Å²) >= 11 is 0. The Labute approximate surface area is 86.6 Å². The molecule has 15 heavy (non-hydrogen) atoms. The quantitative estimate of drug-likeness (QED) is 0.797. The molecule has 4 nitrogen and oxygen atoms in total. The maximum absolute atomic E-state index is 12.6. The van der Waals surface area contributed by atoms with Crippen molar-refractivity contribution in [1.29, 1.82) is 0 Å². The Kier molecular flexibility index (Phi) is 2.47. The van der Waals surface area contributed by atoms with Gasteiger partial charge < -0.3 is 10.3 Å². The van der Waals surface area contributed by atoms with E-state index in [1.54, 1.807) is 18.5 Å². The van der Waals surface area contributed by atoms with Crippen molar-refractivity contribution in [3.63, 3.8) is 0 Å². The first kappa shape index (κ1) is 9.79. The van der Waals surface area contributed by atoms with Crippen molar-refractivity contribution >= 4 is 0 Å². The van der Waals surface area contributed by atoms with Crippen molar-refractivity contribution in [1.82, 2.24) is 14.5 Å². The Morgan fingerprint density at radius 1 is 1.40 bits per heavy atom. The number of aromatic nitrogens is 3. The van der Waals surface area contributed by atoms with Gasteiger partial charge in [0, 0.05) is 19.4 Å². The van der Waals surface area contributed by atoms with E-state index in [1.165, 1.54) is 6.07 Å². The van der Waals surface area contributed by atoms with Crippen LogP contribution in [0, 0.1) is 5.82 Å². The lowest BCUT2D eigenvalue weighted by Gasteiger charge is -2.10. The number of rotatable bonds is 2. The molecule has 0 fully saturated rings. The lowest BCUT2D eigenvalue weighted by molar-refractivity contribution is 0.614. The fraction of sp³-hybridized carbons (Fsp3) is 0.200. The Morgan fingerprint density at radius 2 is 2.20 bits per heavy atom. The molecule has 78 valence electrons. The van der Waals surface area contributed by atoms with E-state index >= 15 is 0 Å². The van der Waals surface area contributed by atoms with Gasteiger partial charge in [-0.15, -0.1) is 0 Å². The molecule has 0 radical (unpaired) electrons. The molecule has 2 aromatic heterocycles. The number of imidazole rings is 1. The lowest BCUT2D eigenvalue weighted by atomic mass is 10.2. The van der Waals surface area contributed by atoms with Crippen LogP contribution in [0.3, 0.4) is 0 Å². The predicted molar refractivity (Wildman–Crippen MR) is 53.4 cm³/mol. The van der Waals surface area contributed by atoms with Crippen LogP contribution < -0.4 is 5.73 Å². The van der Waals surface area contributed by atoms with Crippen LogP contribution in [0.5, 0.6) is 0 Å². The highest BCUT2D eigenvalue weighted by molar-refractivity contribution is 5.17. The molecular weight excluding hydrogens is 195 g/mol. The third kappa shape index (κ3) is 1.87. The topological polar surface area (TPSA) is 56.7 Å². The summed E-state index contributed by atoms with van der Waals surface area (Å²) in [6, 6.07) is 2.48. The summed E-state index contributed by atoms with van der Waals surface area (Å²) < 4.78 is 14.5. The van der Waals surface area contributed by atoms with Crippen LogP contribution >= 0.6 is 0 Å². The molecule has 2 heterocycles. The molecule has 0 aromatic carbocycles. The Balaban J connectivity index is 2.32. The number of hydrogen-bond donors (Lipinski definition) is 1. The van der Waals surface area contributed by atoms with Gasteiger partial charge in [0.2, 0.25) is 0 Å². The number of pyridine rings is 1. The standard InChI is InChI=1S/C10H11FN4/c1-15-5-4-13-10(15)9(12)8-3-2-7(11)6-14-8/h2-6,9H,12H2,1H3. The third-order valence-corrected chi connectivity index (χ3v) is 2.21. The molecule has 5 heteroatoms. The van der Waals surface area contributed by atoms with Gasteiger partial charge in [-0.1, -0.05) is 0 Å². The van der Waals surface area contributed by atoms with Crippen LogP contribution in [0.4, 0.5) is 4.39 Å². The monoisotopic (exact) mass is 206 g/mol. The molecule has 0 aliphatic carbocycles. The minimum Gasteiger partial charge on any atom is -0.336 e. The number of nitrogens with zero attached hydrogens (tertiary/aromatic N) is 3. The summed E-state index contributed by atoms with van der Waals surface area (Å²) in [5.41, 5.74) is 6.55. The van der Waals surface area contributed by atoms with E-state index in [-0.39, 0.29) is 5.82 Å². The fourth-order valence-corrected chi connectivity index (χ4v) is 1.38. The molecular formula is C10H11FN4. The van der Waals surface area contributed by atoms with Crippen molar-refractivity contribution in [3.05, 3.63) is 48.1 Å². The Hall–Kier alpha value is -1.75. The van der Waals surface area contributed by atoms with E-state index in [1.807, 2.05) is 11.6 Å². The molecule has 0 amide bonds. The molecule has 2 N–H and O–H groups in total. The van der Waals surface area contributed by atoms with Gasteiger partial charge in [0.25, 0.3) is 0 Å².